The zero-order valence-corrected chi connectivity index (χ0v) is 42.8. The maximum Gasteiger partial charge on any atom is 0.501 e. The Balaban J connectivity index is 3.63. The van der Waals surface area contributed by atoms with Crippen LogP contribution in [-0.4, -0.2) is 133 Å². The Hall–Kier alpha value is -0.499. The topological polar surface area (TPSA) is 161 Å². The van der Waals surface area contributed by atoms with Crippen LogP contribution in [0.2, 0.25) is 6.04 Å². The molecular formula is C39H72O14S3Si3. The van der Waals surface area contributed by atoms with Crippen LogP contribution < -0.4 is 0 Å². The molecule has 1 saturated heterocycles. The molecule has 1 fully saturated rings. The summed E-state index contributed by atoms with van der Waals surface area (Å²) in [7, 11) is -4.06. The zero-order chi connectivity index (χ0) is 44.6. The highest BCUT2D eigenvalue weighted by atomic mass is 32.2. The molecule has 14 nitrogen and oxygen atoms in total. The van der Waals surface area contributed by atoms with Gasteiger partial charge in [0.25, 0.3) is 0 Å². The summed E-state index contributed by atoms with van der Waals surface area (Å²) >= 11 is 10.2. The molecule has 0 N–H and O–H groups in total. The minimum absolute atomic E-state index is 0.0141. The number of hydrogen-bond acceptors (Lipinski definition) is 17. The van der Waals surface area contributed by atoms with Crippen molar-refractivity contribution >= 4 is 88.9 Å². The Morgan fingerprint density at radius 1 is 0.712 bits per heavy atom. The molecule has 0 aliphatic carbocycles. The van der Waals surface area contributed by atoms with E-state index in [9.17, 15) is 19.2 Å². The van der Waals surface area contributed by atoms with Crippen molar-refractivity contribution in [2.45, 2.75) is 138 Å². The Bertz CT molecular complexity index is 1270. The molecular weight excluding hydrogens is 873 g/mol. The van der Waals surface area contributed by atoms with Gasteiger partial charge in [-0.3, -0.25) is 19.2 Å². The number of thioether (sulfide) groups is 1. The highest BCUT2D eigenvalue weighted by molar-refractivity contribution is 8.13. The van der Waals surface area contributed by atoms with Gasteiger partial charge < -0.3 is 45.2 Å². The molecule has 4 unspecified atom stereocenters. The fourth-order valence-electron chi connectivity index (χ4n) is 6.79. The Labute approximate surface area is 375 Å². The smallest absolute Gasteiger partial charge is 0.465 e. The molecule has 4 atom stereocenters. The summed E-state index contributed by atoms with van der Waals surface area (Å²) in [5.74, 6) is 0.563. The van der Waals surface area contributed by atoms with Gasteiger partial charge in [-0.2, -0.15) is 25.3 Å². The van der Waals surface area contributed by atoms with Crippen LogP contribution in [0.4, 0.5) is 0 Å². The molecule has 4 radical (unpaired) electrons. The standard InChI is InChI=1S/C39H72O14S3Si3/c1-11-37(24-44-31(5)40)25-49-59(50-26-37,23-17-21-55)51-30-39(13-3,28-46-33(7)42)36(10,19-16-22-56-34(8)43)53-58-48-29-38(12-2,27-45-32(6)41)35(9,18-15-20-54)52-57-47-14-4/h54-55H,11-30H2,1-10H3. The summed E-state index contributed by atoms with van der Waals surface area (Å²) in [4.78, 5) is 48.3. The van der Waals surface area contributed by atoms with Gasteiger partial charge in [0.1, 0.15) is 19.8 Å². The van der Waals surface area contributed by atoms with Gasteiger partial charge in [0, 0.05) is 77.9 Å². The van der Waals surface area contributed by atoms with Gasteiger partial charge in [0.2, 0.25) is 0 Å². The second-order valence-electron chi connectivity index (χ2n) is 15.7. The summed E-state index contributed by atoms with van der Waals surface area (Å²) < 4.78 is 62.4. The van der Waals surface area contributed by atoms with Crippen molar-refractivity contribution in [1.29, 1.82) is 0 Å². The van der Waals surface area contributed by atoms with E-state index in [1.165, 1.54) is 39.5 Å². The Kier molecular flexibility index (Phi) is 27.1. The largest absolute Gasteiger partial charge is 0.501 e. The lowest BCUT2D eigenvalue weighted by Crippen LogP contribution is -2.61. The monoisotopic (exact) mass is 944 g/mol. The third-order valence-electron chi connectivity index (χ3n) is 11.5. The van der Waals surface area contributed by atoms with Gasteiger partial charge in [0.15, 0.2) is 5.12 Å². The third kappa shape index (κ3) is 18.3. The minimum Gasteiger partial charge on any atom is -0.465 e. The molecule has 0 saturated carbocycles. The summed E-state index contributed by atoms with van der Waals surface area (Å²) in [5.41, 5.74) is -4.04. The van der Waals surface area contributed by atoms with Crippen LogP contribution >= 0.6 is 37.0 Å². The van der Waals surface area contributed by atoms with Crippen molar-refractivity contribution in [1.82, 2.24) is 0 Å². The molecule has 0 amide bonds. The first-order valence-corrected chi connectivity index (χ1v) is 26.4. The van der Waals surface area contributed by atoms with Gasteiger partial charge >= 0.3 is 46.7 Å². The maximum atomic E-state index is 12.5. The average molecular weight is 945 g/mol. The van der Waals surface area contributed by atoms with E-state index in [-0.39, 0.29) is 67.3 Å². The molecule has 0 aromatic rings. The lowest BCUT2D eigenvalue weighted by molar-refractivity contribution is -0.166. The molecule has 1 heterocycles. The van der Waals surface area contributed by atoms with E-state index in [1.807, 2.05) is 41.5 Å². The van der Waals surface area contributed by atoms with Crippen LogP contribution in [0.5, 0.6) is 0 Å². The quantitative estimate of drug-likeness (QED) is 0.0237. The number of carbonyl (C=O) groups excluding carboxylic acids is 4. The third-order valence-corrected chi connectivity index (χ3v) is 17.5. The fourth-order valence-corrected chi connectivity index (χ4v) is 12.4. The number of hydrogen-bond donors (Lipinski definition) is 2. The van der Waals surface area contributed by atoms with Crippen molar-refractivity contribution in [3.05, 3.63) is 0 Å². The second-order valence-corrected chi connectivity index (χ2v) is 21.9. The van der Waals surface area contributed by atoms with Gasteiger partial charge in [-0.25, -0.2) is 0 Å². The number of thiol groups is 2. The molecule has 0 bridgehead atoms. The summed E-state index contributed by atoms with van der Waals surface area (Å²) in [6.45, 7) is 19.0. The normalized spacial score (nSPS) is 22.3. The molecule has 1 aliphatic heterocycles. The van der Waals surface area contributed by atoms with Gasteiger partial charge in [-0.05, 0) is 83.6 Å². The van der Waals surface area contributed by atoms with Crippen LogP contribution in [0.3, 0.4) is 0 Å². The maximum absolute atomic E-state index is 12.5. The van der Waals surface area contributed by atoms with E-state index in [0.29, 0.717) is 74.9 Å². The zero-order valence-electron chi connectivity index (χ0n) is 37.2. The summed E-state index contributed by atoms with van der Waals surface area (Å²) in [5, 5.41) is 0.0141. The van der Waals surface area contributed by atoms with Crippen LogP contribution in [0.25, 0.3) is 0 Å². The van der Waals surface area contributed by atoms with Crippen LogP contribution in [0.15, 0.2) is 0 Å². The number of carbonyl (C=O) groups is 4. The number of rotatable bonds is 33. The Morgan fingerprint density at radius 3 is 1.68 bits per heavy atom. The van der Waals surface area contributed by atoms with E-state index in [2.05, 4.69) is 25.3 Å². The molecule has 0 spiro atoms. The van der Waals surface area contributed by atoms with Gasteiger partial charge in [0.05, 0.1) is 22.0 Å². The van der Waals surface area contributed by atoms with Crippen molar-refractivity contribution < 1.29 is 64.4 Å². The molecule has 0 aromatic carbocycles. The molecule has 1 aliphatic rings. The second kappa shape index (κ2) is 28.3. The van der Waals surface area contributed by atoms with Crippen molar-refractivity contribution in [2.75, 3.05) is 70.1 Å². The molecule has 342 valence electrons. The van der Waals surface area contributed by atoms with Crippen molar-refractivity contribution in [3.8, 4) is 0 Å². The van der Waals surface area contributed by atoms with Crippen LogP contribution in [-0.2, 0) is 64.4 Å². The fraction of sp³-hybridized carbons (Fsp3) is 0.897. The predicted octanol–water partition coefficient (Wildman–Crippen LogP) is 6.63. The lowest BCUT2D eigenvalue weighted by Gasteiger charge is -2.50. The summed E-state index contributed by atoms with van der Waals surface area (Å²) in [6, 6.07) is 0.508. The van der Waals surface area contributed by atoms with E-state index >= 15 is 0 Å². The van der Waals surface area contributed by atoms with E-state index in [4.69, 9.17) is 45.2 Å². The van der Waals surface area contributed by atoms with Crippen molar-refractivity contribution in [3.63, 3.8) is 0 Å². The van der Waals surface area contributed by atoms with E-state index < -0.39 is 58.2 Å². The average Bonchev–Trinajstić information content (AvgIpc) is 3.20. The SMILES string of the molecule is CCO[Si]OC(C)(CCCS)C(CC)(CO[Si]OC(C)(CCCSC(C)=O)C(CC)(COC(C)=O)CO[Si]1(CCCS)OCC(CC)(COC(C)=O)CO1)COC(C)=O. The number of ether oxygens (including phenoxy) is 3. The molecule has 59 heavy (non-hydrogen) atoms. The Morgan fingerprint density at radius 2 is 1.22 bits per heavy atom. The first-order valence-electron chi connectivity index (χ1n) is 20.6. The first-order chi connectivity index (χ1) is 27.9. The highest BCUT2D eigenvalue weighted by Gasteiger charge is 2.55. The first kappa shape index (κ1) is 56.5. The lowest BCUT2D eigenvalue weighted by atomic mass is 9.69. The summed E-state index contributed by atoms with van der Waals surface area (Å²) in [6.07, 6.45) is 4.83. The highest BCUT2D eigenvalue weighted by Crippen LogP contribution is 2.46. The van der Waals surface area contributed by atoms with Crippen LogP contribution in [0.1, 0.15) is 121 Å². The van der Waals surface area contributed by atoms with E-state index in [1.54, 1.807) is 0 Å². The molecule has 1 rings (SSSR count). The van der Waals surface area contributed by atoms with E-state index in [0.717, 1.165) is 6.42 Å². The molecule has 20 heteroatoms. The number of esters is 3. The van der Waals surface area contributed by atoms with Crippen LogP contribution in [0, 0.1) is 16.2 Å². The predicted molar refractivity (Wildman–Crippen MR) is 238 cm³/mol. The minimum atomic E-state index is -3.35. The van der Waals surface area contributed by atoms with Crippen molar-refractivity contribution in [2.24, 2.45) is 16.2 Å². The molecule has 0 aromatic heterocycles. The van der Waals surface area contributed by atoms with Gasteiger partial charge in [-0.15, -0.1) is 0 Å². The van der Waals surface area contributed by atoms with Gasteiger partial charge in [-0.1, -0.05) is 32.5 Å².